The van der Waals surface area contributed by atoms with Gasteiger partial charge in [0.1, 0.15) is 5.69 Å². The average molecular weight is 236 g/mol. The van der Waals surface area contributed by atoms with Crippen LogP contribution in [0, 0.1) is 12.3 Å². The van der Waals surface area contributed by atoms with Crippen LogP contribution < -0.4 is 5.32 Å². The Morgan fingerprint density at radius 2 is 2.18 bits per heavy atom. The van der Waals surface area contributed by atoms with E-state index >= 15 is 0 Å². The van der Waals surface area contributed by atoms with Gasteiger partial charge in [-0.25, -0.2) is 0 Å². The molecule has 1 aromatic rings. The number of nitrogens with zero attached hydrogens (tertiary/aromatic N) is 1. The van der Waals surface area contributed by atoms with Crippen molar-refractivity contribution in [3.8, 4) is 0 Å². The molecule has 2 atom stereocenters. The predicted octanol–water partition coefficient (Wildman–Crippen LogP) is 1.22. The molecular weight excluding hydrogens is 216 g/mol. The molecule has 1 heterocycles. The Hall–Kier alpha value is -1.29. The van der Waals surface area contributed by atoms with Crippen molar-refractivity contribution in [2.24, 2.45) is 12.5 Å². The van der Waals surface area contributed by atoms with Gasteiger partial charge in [-0.2, -0.15) is 0 Å². The Bertz CT molecular complexity index is 448. The second kappa shape index (κ2) is 3.88. The molecule has 17 heavy (non-hydrogen) atoms. The van der Waals surface area contributed by atoms with E-state index in [2.05, 4.69) is 5.32 Å². The zero-order valence-electron chi connectivity index (χ0n) is 10.8. The molecule has 0 bridgehead atoms. The van der Waals surface area contributed by atoms with Gasteiger partial charge in [0, 0.05) is 24.2 Å². The highest BCUT2D eigenvalue weighted by Crippen LogP contribution is 2.40. The molecule has 94 valence electrons. The van der Waals surface area contributed by atoms with E-state index in [4.69, 9.17) is 0 Å². The number of hydrogen-bond acceptors (Lipinski definition) is 2. The lowest BCUT2D eigenvalue weighted by molar-refractivity contribution is -0.0690. The highest BCUT2D eigenvalue weighted by atomic mass is 16.3. The first-order chi connectivity index (χ1) is 7.84. The number of hydrogen-bond donors (Lipinski definition) is 2. The van der Waals surface area contributed by atoms with Crippen molar-refractivity contribution in [1.29, 1.82) is 0 Å². The van der Waals surface area contributed by atoms with Gasteiger partial charge in [0.05, 0.1) is 6.10 Å². The second-order valence-corrected chi connectivity index (χ2v) is 5.52. The summed E-state index contributed by atoms with van der Waals surface area (Å²) >= 11 is 0. The van der Waals surface area contributed by atoms with Crippen molar-refractivity contribution in [3.05, 3.63) is 23.5 Å². The van der Waals surface area contributed by atoms with Crippen LogP contribution in [-0.4, -0.2) is 27.7 Å². The number of carbonyl (C=O) groups excluding carboxylic acids is 1. The molecular formula is C13H20N2O2. The smallest absolute Gasteiger partial charge is 0.268 e. The third-order valence-electron chi connectivity index (χ3n) is 4.13. The van der Waals surface area contributed by atoms with Crippen LogP contribution in [0.4, 0.5) is 0 Å². The van der Waals surface area contributed by atoms with E-state index in [0.717, 1.165) is 5.69 Å². The largest absolute Gasteiger partial charge is 0.392 e. The summed E-state index contributed by atoms with van der Waals surface area (Å²) in [6.07, 6.45) is 0.324. The standard InChI is InChI=1S/C13H20N2O2/c1-8-5-6-9(15(8)4)12(17)14-10-7-11(16)13(10,2)3/h5-6,10-11,16H,7H2,1-4H3,(H,14,17). The van der Waals surface area contributed by atoms with Gasteiger partial charge in [0.15, 0.2) is 0 Å². The summed E-state index contributed by atoms with van der Waals surface area (Å²) in [7, 11) is 1.88. The molecule has 2 unspecified atom stereocenters. The minimum atomic E-state index is -0.317. The van der Waals surface area contributed by atoms with E-state index in [0.29, 0.717) is 12.1 Å². The van der Waals surface area contributed by atoms with Crippen molar-refractivity contribution >= 4 is 5.91 Å². The maximum absolute atomic E-state index is 12.1. The Morgan fingerprint density at radius 3 is 2.59 bits per heavy atom. The minimum Gasteiger partial charge on any atom is -0.392 e. The monoisotopic (exact) mass is 236 g/mol. The van der Waals surface area contributed by atoms with E-state index in [1.165, 1.54) is 0 Å². The fourth-order valence-corrected chi connectivity index (χ4v) is 2.22. The molecule has 4 nitrogen and oxygen atoms in total. The highest BCUT2D eigenvalue weighted by molar-refractivity contribution is 5.93. The number of aromatic nitrogens is 1. The molecule has 0 aliphatic heterocycles. The van der Waals surface area contributed by atoms with Gasteiger partial charge in [-0.1, -0.05) is 13.8 Å². The molecule has 4 heteroatoms. The normalized spacial score (nSPS) is 26.4. The summed E-state index contributed by atoms with van der Waals surface area (Å²) in [4.78, 5) is 12.1. The molecule has 0 radical (unpaired) electrons. The summed E-state index contributed by atoms with van der Waals surface area (Å²) in [5, 5.41) is 12.6. The maximum atomic E-state index is 12.1. The number of aliphatic hydroxyl groups excluding tert-OH is 1. The van der Waals surface area contributed by atoms with Gasteiger partial charge >= 0.3 is 0 Å². The van der Waals surface area contributed by atoms with Crippen molar-refractivity contribution in [1.82, 2.24) is 9.88 Å². The fraction of sp³-hybridized carbons (Fsp3) is 0.615. The summed E-state index contributed by atoms with van der Waals surface area (Å²) in [6, 6.07) is 3.81. The summed E-state index contributed by atoms with van der Waals surface area (Å²) in [5.41, 5.74) is 1.50. The van der Waals surface area contributed by atoms with Crippen LogP contribution in [0.2, 0.25) is 0 Å². The van der Waals surface area contributed by atoms with Crippen LogP contribution >= 0.6 is 0 Å². The number of nitrogens with one attached hydrogen (secondary N) is 1. The van der Waals surface area contributed by atoms with Crippen molar-refractivity contribution < 1.29 is 9.90 Å². The molecule has 1 aromatic heterocycles. The zero-order chi connectivity index (χ0) is 12.8. The first-order valence-corrected chi connectivity index (χ1v) is 5.95. The van der Waals surface area contributed by atoms with E-state index < -0.39 is 0 Å². The Labute approximate surface area is 102 Å². The van der Waals surface area contributed by atoms with Crippen LogP contribution in [0.1, 0.15) is 36.5 Å². The van der Waals surface area contributed by atoms with Gasteiger partial charge < -0.3 is 15.0 Å². The SMILES string of the molecule is Cc1ccc(C(=O)NC2CC(O)C2(C)C)n1C. The van der Waals surface area contributed by atoms with Crippen LogP contribution in [0.5, 0.6) is 0 Å². The van der Waals surface area contributed by atoms with Crippen LogP contribution in [-0.2, 0) is 7.05 Å². The quantitative estimate of drug-likeness (QED) is 0.811. The van der Waals surface area contributed by atoms with Crippen LogP contribution in [0.3, 0.4) is 0 Å². The molecule has 0 spiro atoms. The average Bonchev–Trinajstić information content (AvgIpc) is 2.59. The van der Waals surface area contributed by atoms with E-state index in [9.17, 15) is 9.90 Å². The first-order valence-electron chi connectivity index (χ1n) is 5.95. The number of aryl methyl sites for hydroxylation is 1. The Kier molecular flexibility index (Phi) is 2.78. The van der Waals surface area contributed by atoms with E-state index in [-0.39, 0.29) is 23.5 Å². The number of aliphatic hydroxyl groups is 1. The molecule has 1 aliphatic carbocycles. The topological polar surface area (TPSA) is 54.3 Å². The highest BCUT2D eigenvalue weighted by Gasteiger charge is 2.48. The third kappa shape index (κ3) is 1.86. The van der Waals surface area contributed by atoms with Gasteiger partial charge in [-0.15, -0.1) is 0 Å². The Morgan fingerprint density at radius 1 is 1.53 bits per heavy atom. The van der Waals surface area contributed by atoms with Crippen molar-refractivity contribution in [2.75, 3.05) is 0 Å². The van der Waals surface area contributed by atoms with Gasteiger partial charge in [-0.05, 0) is 25.5 Å². The lowest BCUT2D eigenvalue weighted by Crippen LogP contribution is -2.61. The molecule has 1 aliphatic rings. The molecule has 0 saturated heterocycles. The first kappa shape index (κ1) is 12.2. The van der Waals surface area contributed by atoms with Gasteiger partial charge in [-0.3, -0.25) is 4.79 Å². The third-order valence-corrected chi connectivity index (χ3v) is 4.13. The van der Waals surface area contributed by atoms with Crippen LogP contribution in [0.25, 0.3) is 0 Å². The lowest BCUT2D eigenvalue weighted by Gasteiger charge is -2.49. The molecule has 1 saturated carbocycles. The van der Waals surface area contributed by atoms with Gasteiger partial charge in [0.25, 0.3) is 5.91 Å². The van der Waals surface area contributed by atoms with E-state index in [1.807, 2.05) is 44.5 Å². The van der Waals surface area contributed by atoms with Crippen LogP contribution in [0.15, 0.2) is 12.1 Å². The summed E-state index contributed by atoms with van der Waals surface area (Å²) in [5.74, 6) is -0.0643. The molecule has 1 fully saturated rings. The second-order valence-electron chi connectivity index (χ2n) is 5.52. The number of carbonyl (C=O) groups is 1. The Balaban J connectivity index is 2.06. The molecule has 1 amide bonds. The van der Waals surface area contributed by atoms with Crippen molar-refractivity contribution in [3.63, 3.8) is 0 Å². The predicted molar refractivity (Wildman–Crippen MR) is 65.8 cm³/mol. The maximum Gasteiger partial charge on any atom is 0.268 e. The molecule has 0 aromatic carbocycles. The fourth-order valence-electron chi connectivity index (χ4n) is 2.22. The zero-order valence-corrected chi connectivity index (χ0v) is 10.8. The number of amides is 1. The molecule has 2 rings (SSSR count). The summed E-state index contributed by atoms with van der Waals surface area (Å²) in [6.45, 7) is 5.92. The van der Waals surface area contributed by atoms with E-state index in [1.54, 1.807) is 0 Å². The minimum absolute atomic E-state index is 0.0557. The number of rotatable bonds is 2. The lowest BCUT2D eigenvalue weighted by atomic mass is 9.64. The van der Waals surface area contributed by atoms with Crippen molar-refractivity contribution in [2.45, 2.75) is 39.3 Å². The summed E-state index contributed by atoms with van der Waals surface area (Å²) < 4.78 is 1.87. The molecule has 2 N–H and O–H groups in total. The van der Waals surface area contributed by atoms with Gasteiger partial charge in [0.2, 0.25) is 0 Å².